The molecule has 1 heteroatoms. The van der Waals surface area contributed by atoms with Crippen molar-refractivity contribution < 1.29 is 0 Å². The van der Waals surface area contributed by atoms with Crippen LogP contribution in [0.4, 0.5) is 0 Å². The molecule has 0 rings (SSSR count). The first-order valence-corrected chi connectivity index (χ1v) is 2.05. The highest BCUT2D eigenvalue weighted by atomic mass is 14.8. The average Bonchev–Trinajstić information content (AvgIpc) is 1.61. The third-order valence-electron chi connectivity index (χ3n) is 0.429. The Labute approximate surface area is 39.1 Å². The smallest absolute Gasteiger partial charge is 0.0142 e. The Morgan fingerprint density at radius 1 is 1.83 bits per heavy atom. The standard InChI is InChI=1S/C5H10N/c1-3-5-6-4-2/h3,5-6H,2,4H2,1H3. The summed E-state index contributed by atoms with van der Waals surface area (Å²) in [4.78, 5) is 0. The SMILES string of the molecule is [CH2]CNC=CC. The summed E-state index contributed by atoms with van der Waals surface area (Å²) in [5.74, 6) is 0. The van der Waals surface area contributed by atoms with E-state index >= 15 is 0 Å². The molecule has 1 radical (unpaired) electrons. The fraction of sp³-hybridized carbons (Fsp3) is 0.400. The van der Waals surface area contributed by atoms with Gasteiger partial charge in [-0.1, -0.05) is 6.08 Å². The molecule has 0 aliphatic rings. The second-order valence-corrected chi connectivity index (χ2v) is 0.954. The Hall–Kier alpha value is -0.460. The minimum absolute atomic E-state index is 0.768. The molecule has 0 saturated heterocycles. The third-order valence-corrected chi connectivity index (χ3v) is 0.429. The Kier molecular flexibility index (Phi) is 4.19. The van der Waals surface area contributed by atoms with Gasteiger partial charge in [0, 0.05) is 6.54 Å². The van der Waals surface area contributed by atoms with Crippen LogP contribution in [0.25, 0.3) is 0 Å². The molecular weight excluding hydrogens is 74.1 g/mol. The van der Waals surface area contributed by atoms with Gasteiger partial charge in [0.2, 0.25) is 0 Å². The highest BCUT2D eigenvalue weighted by Gasteiger charge is 1.58. The quantitative estimate of drug-likeness (QED) is 0.525. The Morgan fingerprint density at radius 2 is 2.50 bits per heavy atom. The Morgan fingerprint density at radius 3 is 2.67 bits per heavy atom. The Bertz CT molecular complexity index is 39.2. The summed E-state index contributed by atoms with van der Waals surface area (Å²) in [6, 6.07) is 0. The van der Waals surface area contributed by atoms with Crippen LogP contribution in [0.3, 0.4) is 0 Å². The monoisotopic (exact) mass is 84.1 g/mol. The van der Waals surface area contributed by atoms with E-state index in [1.54, 1.807) is 0 Å². The van der Waals surface area contributed by atoms with Crippen LogP contribution in [0.1, 0.15) is 6.92 Å². The lowest BCUT2D eigenvalue weighted by Crippen LogP contribution is -2.00. The zero-order valence-corrected chi connectivity index (χ0v) is 4.07. The molecule has 0 aromatic rings. The first-order valence-electron chi connectivity index (χ1n) is 2.05. The van der Waals surface area contributed by atoms with Crippen LogP contribution in [0, 0.1) is 6.92 Å². The largest absolute Gasteiger partial charge is 0.391 e. The number of rotatable bonds is 2. The highest BCUT2D eigenvalue weighted by molar-refractivity contribution is 4.73. The van der Waals surface area contributed by atoms with Crippen LogP contribution in [0.15, 0.2) is 12.3 Å². The van der Waals surface area contributed by atoms with Crippen molar-refractivity contribution in [1.29, 1.82) is 0 Å². The summed E-state index contributed by atoms with van der Waals surface area (Å²) in [5.41, 5.74) is 0. The van der Waals surface area contributed by atoms with E-state index in [0.29, 0.717) is 0 Å². The van der Waals surface area contributed by atoms with E-state index in [4.69, 9.17) is 0 Å². The number of allylic oxidation sites excluding steroid dienone is 1. The van der Waals surface area contributed by atoms with Gasteiger partial charge < -0.3 is 5.32 Å². The molecule has 0 aliphatic heterocycles. The third kappa shape index (κ3) is 3.54. The summed E-state index contributed by atoms with van der Waals surface area (Å²) in [6.45, 7) is 6.29. The molecule has 0 unspecified atom stereocenters. The lowest BCUT2D eigenvalue weighted by Gasteiger charge is -1.85. The van der Waals surface area contributed by atoms with Crippen LogP contribution in [-0.4, -0.2) is 6.54 Å². The maximum absolute atomic E-state index is 3.56. The number of hydrogen-bond donors (Lipinski definition) is 1. The normalized spacial score (nSPS) is 9.67. The minimum Gasteiger partial charge on any atom is -0.391 e. The zero-order chi connectivity index (χ0) is 4.83. The first kappa shape index (κ1) is 5.54. The zero-order valence-electron chi connectivity index (χ0n) is 4.07. The molecule has 0 atom stereocenters. The van der Waals surface area contributed by atoms with Crippen molar-refractivity contribution in [3.63, 3.8) is 0 Å². The van der Waals surface area contributed by atoms with Crippen molar-refractivity contribution in [2.45, 2.75) is 6.92 Å². The first-order chi connectivity index (χ1) is 2.91. The molecule has 1 nitrogen and oxygen atoms in total. The summed E-state index contributed by atoms with van der Waals surface area (Å²) in [6.07, 6.45) is 3.80. The van der Waals surface area contributed by atoms with Gasteiger partial charge in [0.15, 0.2) is 0 Å². The van der Waals surface area contributed by atoms with Gasteiger partial charge in [0.05, 0.1) is 0 Å². The lowest BCUT2D eigenvalue weighted by atomic mass is 10.6. The van der Waals surface area contributed by atoms with Gasteiger partial charge in [-0.2, -0.15) is 0 Å². The predicted octanol–water partition coefficient (Wildman–Crippen LogP) is 0.944. The molecule has 0 heterocycles. The molecule has 0 fully saturated rings. The van der Waals surface area contributed by atoms with Gasteiger partial charge in [-0.15, -0.1) is 0 Å². The van der Waals surface area contributed by atoms with E-state index in [0.717, 1.165) is 6.54 Å². The lowest BCUT2D eigenvalue weighted by molar-refractivity contribution is 0.981. The van der Waals surface area contributed by atoms with Crippen LogP contribution >= 0.6 is 0 Å². The molecule has 1 N–H and O–H groups in total. The van der Waals surface area contributed by atoms with E-state index in [-0.39, 0.29) is 0 Å². The molecule has 35 valence electrons. The van der Waals surface area contributed by atoms with Crippen LogP contribution in [-0.2, 0) is 0 Å². The molecule has 0 aliphatic carbocycles. The highest BCUT2D eigenvalue weighted by Crippen LogP contribution is 1.58. The number of hydrogen-bond acceptors (Lipinski definition) is 1. The van der Waals surface area contributed by atoms with Gasteiger partial charge in [-0.3, -0.25) is 0 Å². The predicted molar refractivity (Wildman–Crippen MR) is 28.2 cm³/mol. The Balaban J connectivity index is 2.66. The molecule has 0 spiro atoms. The van der Waals surface area contributed by atoms with Crippen molar-refractivity contribution in [2.24, 2.45) is 0 Å². The van der Waals surface area contributed by atoms with Gasteiger partial charge in [0.25, 0.3) is 0 Å². The molecule has 0 amide bonds. The maximum atomic E-state index is 3.56. The van der Waals surface area contributed by atoms with E-state index in [1.165, 1.54) is 0 Å². The van der Waals surface area contributed by atoms with E-state index < -0.39 is 0 Å². The van der Waals surface area contributed by atoms with Crippen molar-refractivity contribution >= 4 is 0 Å². The summed E-state index contributed by atoms with van der Waals surface area (Å²) in [5, 5.41) is 2.91. The second-order valence-electron chi connectivity index (χ2n) is 0.954. The fourth-order valence-electron chi connectivity index (χ4n) is 0.201. The molecule has 6 heavy (non-hydrogen) atoms. The van der Waals surface area contributed by atoms with Gasteiger partial charge in [-0.25, -0.2) is 0 Å². The molecule has 0 saturated carbocycles. The minimum atomic E-state index is 0.768. The van der Waals surface area contributed by atoms with Crippen molar-refractivity contribution in [3.05, 3.63) is 19.2 Å². The number of nitrogens with one attached hydrogen (secondary N) is 1. The fourth-order valence-corrected chi connectivity index (χ4v) is 0.201. The van der Waals surface area contributed by atoms with Gasteiger partial charge in [0.1, 0.15) is 0 Å². The van der Waals surface area contributed by atoms with Crippen LogP contribution in [0.5, 0.6) is 0 Å². The molecule has 0 aromatic heterocycles. The van der Waals surface area contributed by atoms with E-state index in [2.05, 4.69) is 12.2 Å². The molecular formula is C5H10N. The topological polar surface area (TPSA) is 12.0 Å². The van der Waals surface area contributed by atoms with Crippen LogP contribution < -0.4 is 5.32 Å². The van der Waals surface area contributed by atoms with E-state index in [1.807, 2.05) is 19.2 Å². The van der Waals surface area contributed by atoms with Crippen molar-refractivity contribution in [3.8, 4) is 0 Å². The summed E-state index contributed by atoms with van der Waals surface area (Å²) >= 11 is 0. The second kappa shape index (κ2) is 4.54. The molecule has 0 aromatic carbocycles. The average molecular weight is 84.1 g/mol. The van der Waals surface area contributed by atoms with Crippen molar-refractivity contribution in [2.75, 3.05) is 6.54 Å². The van der Waals surface area contributed by atoms with Gasteiger partial charge in [-0.05, 0) is 20.0 Å². The van der Waals surface area contributed by atoms with Crippen molar-refractivity contribution in [1.82, 2.24) is 5.32 Å². The maximum Gasteiger partial charge on any atom is 0.0142 e. The van der Waals surface area contributed by atoms with Crippen LogP contribution in [0.2, 0.25) is 0 Å². The summed E-state index contributed by atoms with van der Waals surface area (Å²) < 4.78 is 0. The summed E-state index contributed by atoms with van der Waals surface area (Å²) in [7, 11) is 0. The molecule has 0 bridgehead atoms. The van der Waals surface area contributed by atoms with Gasteiger partial charge >= 0.3 is 0 Å². The van der Waals surface area contributed by atoms with E-state index in [9.17, 15) is 0 Å².